The third-order valence-electron chi connectivity index (χ3n) is 5.57. The summed E-state index contributed by atoms with van der Waals surface area (Å²) in [6.45, 7) is 27.8. The molecule has 2 atom stereocenters. The van der Waals surface area contributed by atoms with Crippen molar-refractivity contribution in [2.75, 3.05) is 13.2 Å². The minimum atomic E-state index is -0.431. The maximum absolute atomic E-state index is 6.06. The normalized spacial score (nSPS) is 28.3. The smallest absolute Gasteiger partial charge is 0.132 e. The maximum Gasteiger partial charge on any atom is 0.132 e. The minimum absolute atomic E-state index is 0.230. The molecule has 0 saturated carbocycles. The highest BCUT2D eigenvalue weighted by molar-refractivity contribution is 8.30. The van der Waals surface area contributed by atoms with Crippen LogP contribution in [-0.4, -0.2) is 60.4 Å². The fourth-order valence-electron chi connectivity index (χ4n) is 4.14. The van der Waals surface area contributed by atoms with Gasteiger partial charge in [0.05, 0.1) is 39.0 Å². The van der Waals surface area contributed by atoms with Crippen molar-refractivity contribution in [3.05, 3.63) is 25.3 Å². The third-order valence-corrected chi connectivity index (χ3v) is 8.38. The predicted octanol–water partition coefficient (Wildman–Crippen LogP) is 5.88. The molecular formula is C23H40N4O2S2. The monoisotopic (exact) mass is 468 g/mol. The van der Waals surface area contributed by atoms with Gasteiger partial charge >= 0.3 is 0 Å². The van der Waals surface area contributed by atoms with Crippen molar-refractivity contribution < 1.29 is 9.68 Å². The van der Waals surface area contributed by atoms with E-state index in [1.54, 1.807) is 35.7 Å². The fraction of sp³-hybridized carbons (Fsp3) is 0.739. The summed E-state index contributed by atoms with van der Waals surface area (Å²) in [7, 11) is 0. The van der Waals surface area contributed by atoms with E-state index < -0.39 is 11.3 Å². The molecule has 0 amide bonds. The van der Waals surface area contributed by atoms with E-state index in [1.165, 1.54) is 0 Å². The van der Waals surface area contributed by atoms with E-state index in [9.17, 15) is 0 Å². The fourth-order valence-corrected chi connectivity index (χ4v) is 6.91. The lowest BCUT2D eigenvalue weighted by molar-refractivity contribution is -0.233. The second-order valence-electron chi connectivity index (χ2n) is 9.57. The van der Waals surface area contributed by atoms with Crippen LogP contribution in [0.1, 0.15) is 68.7 Å². The molecular weight excluding hydrogens is 428 g/mol. The first-order valence-corrected chi connectivity index (χ1v) is 12.6. The lowest BCUT2D eigenvalue weighted by Crippen LogP contribution is -2.53. The molecule has 0 N–H and O–H groups in total. The standard InChI is InChI=1S/C23H40N4O2S2/c1-12-15-28-26-20(5,6)18(24-21(26,7)8)30-17(4)31-19-23(11,14-3)27(29-16-13-2)22(9,10)25-19/h12-13,17H,1-2,14-16H2,3-11H3. The molecule has 0 fully saturated rings. The first kappa shape index (κ1) is 26.6. The Balaban J connectivity index is 2.19. The van der Waals surface area contributed by atoms with Crippen molar-refractivity contribution in [1.82, 2.24) is 10.1 Å². The SMILES string of the molecule is C=CCON1C(C)(C)N=C(SC(C)SC2=NC(C)(C)N(OCC=C)C2(C)CC)C1(C)C. The Kier molecular flexibility index (Phi) is 8.32. The van der Waals surface area contributed by atoms with E-state index in [4.69, 9.17) is 19.7 Å². The Labute approximate surface area is 197 Å². The van der Waals surface area contributed by atoms with E-state index >= 15 is 0 Å². The van der Waals surface area contributed by atoms with E-state index in [0.29, 0.717) is 13.2 Å². The van der Waals surface area contributed by atoms with Crippen LogP contribution in [0.2, 0.25) is 0 Å². The van der Waals surface area contributed by atoms with Gasteiger partial charge in [-0.05, 0) is 61.8 Å². The second-order valence-corrected chi connectivity index (χ2v) is 12.5. The highest BCUT2D eigenvalue weighted by atomic mass is 32.2. The van der Waals surface area contributed by atoms with Crippen LogP contribution in [0, 0.1) is 0 Å². The van der Waals surface area contributed by atoms with Gasteiger partial charge in [-0.1, -0.05) is 42.6 Å². The van der Waals surface area contributed by atoms with E-state index in [2.05, 4.69) is 75.5 Å². The van der Waals surface area contributed by atoms with Crippen molar-refractivity contribution in [3.8, 4) is 0 Å². The Bertz CT molecular complexity index is 748. The minimum Gasteiger partial charge on any atom is -0.292 e. The van der Waals surface area contributed by atoms with Crippen molar-refractivity contribution >= 4 is 33.6 Å². The van der Waals surface area contributed by atoms with Crippen LogP contribution in [-0.2, 0) is 9.68 Å². The van der Waals surface area contributed by atoms with Gasteiger partial charge in [0.25, 0.3) is 0 Å². The molecule has 0 aromatic rings. The third kappa shape index (κ3) is 5.31. The van der Waals surface area contributed by atoms with Crippen LogP contribution in [0.15, 0.2) is 35.3 Å². The van der Waals surface area contributed by atoms with Gasteiger partial charge in [-0.3, -0.25) is 19.7 Å². The summed E-state index contributed by atoms with van der Waals surface area (Å²) < 4.78 is 0.230. The van der Waals surface area contributed by atoms with Gasteiger partial charge < -0.3 is 0 Å². The van der Waals surface area contributed by atoms with Crippen LogP contribution in [0.25, 0.3) is 0 Å². The van der Waals surface area contributed by atoms with Crippen molar-refractivity contribution in [3.63, 3.8) is 0 Å². The Morgan fingerprint density at radius 2 is 1.32 bits per heavy atom. The average Bonchev–Trinajstić information content (AvgIpc) is 2.95. The summed E-state index contributed by atoms with van der Waals surface area (Å²) in [4.78, 5) is 22.1. The molecule has 176 valence electrons. The maximum atomic E-state index is 6.06. The van der Waals surface area contributed by atoms with Gasteiger partial charge in [0.15, 0.2) is 0 Å². The molecule has 2 unspecified atom stereocenters. The van der Waals surface area contributed by atoms with E-state index in [0.717, 1.165) is 16.5 Å². The largest absolute Gasteiger partial charge is 0.292 e. The quantitative estimate of drug-likeness (QED) is 0.311. The molecule has 31 heavy (non-hydrogen) atoms. The zero-order chi connectivity index (χ0) is 23.7. The molecule has 8 heteroatoms. The van der Waals surface area contributed by atoms with Crippen molar-refractivity contribution in [2.24, 2.45) is 9.98 Å². The zero-order valence-electron chi connectivity index (χ0n) is 20.7. The first-order chi connectivity index (χ1) is 14.3. The van der Waals surface area contributed by atoms with E-state index in [1.807, 2.05) is 10.1 Å². The Morgan fingerprint density at radius 1 is 0.871 bits per heavy atom. The predicted molar refractivity (Wildman–Crippen MR) is 136 cm³/mol. The van der Waals surface area contributed by atoms with Gasteiger partial charge in [-0.25, -0.2) is 0 Å². The molecule has 6 nitrogen and oxygen atoms in total. The van der Waals surface area contributed by atoms with Gasteiger partial charge in [0.1, 0.15) is 11.3 Å². The molecule has 0 aromatic carbocycles. The molecule has 0 saturated heterocycles. The number of hydroxylamine groups is 4. The molecule has 2 rings (SSSR count). The summed E-state index contributed by atoms with van der Waals surface area (Å²) in [6.07, 6.45) is 4.44. The summed E-state index contributed by atoms with van der Waals surface area (Å²) in [5, 5.41) is 6.18. The van der Waals surface area contributed by atoms with Gasteiger partial charge in [0, 0.05) is 0 Å². The Hall–Kier alpha value is -0.640. The van der Waals surface area contributed by atoms with Crippen LogP contribution >= 0.6 is 23.5 Å². The first-order valence-electron chi connectivity index (χ1n) is 10.9. The molecule has 2 aliphatic heterocycles. The molecule has 0 spiro atoms. The summed E-state index contributed by atoms with van der Waals surface area (Å²) in [6, 6.07) is 0. The molecule has 2 aliphatic rings. The molecule has 0 bridgehead atoms. The van der Waals surface area contributed by atoms with Gasteiger partial charge in [-0.15, -0.1) is 23.3 Å². The van der Waals surface area contributed by atoms with E-state index in [-0.39, 0.29) is 15.7 Å². The highest BCUT2D eigenvalue weighted by Crippen LogP contribution is 2.46. The Morgan fingerprint density at radius 3 is 1.84 bits per heavy atom. The van der Waals surface area contributed by atoms with Gasteiger partial charge in [0.2, 0.25) is 0 Å². The van der Waals surface area contributed by atoms with Crippen LogP contribution in [0.5, 0.6) is 0 Å². The number of aliphatic imine (C=N–C) groups is 2. The summed E-state index contributed by atoms with van der Waals surface area (Å²) >= 11 is 3.57. The topological polar surface area (TPSA) is 49.7 Å². The lowest BCUT2D eigenvalue weighted by Gasteiger charge is -2.40. The van der Waals surface area contributed by atoms with Gasteiger partial charge in [-0.2, -0.15) is 0 Å². The number of hydrogen-bond donors (Lipinski definition) is 0. The lowest BCUT2D eigenvalue weighted by atomic mass is 10.00. The molecule has 0 aromatic heterocycles. The number of rotatable bonds is 9. The van der Waals surface area contributed by atoms with Crippen LogP contribution in [0.3, 0.4) is 0 Å². The highest BCUT2D eigenvalue weighted by Gasteiger charge is 2.52. The van der Waals surface area contributed by atoms with Crippen molar-refractivity contribution in [1.29, 1.82) is 0 Å². The number of thioether (sulfide) groups is 2. The molecule has 2 heterocycles. The summed E-state index contributed by atoms with van der Waals surface area (Å²) in [5.74, 6) is 0. The summed E-state index contributed by atoms with van der Waals surface area (Å²) in [5.41, 5.74) is -1.46. The second kappa shape index (κ2) is 9.69. The molecule has 0 radical (unpaired) electrons. The average molecular weight is 469 g/mol. The molecule has 0 aliphatic carbocycles. The van der Waals surface area contributed by atoms with Crippen LogP contribution in [0.4, 0.5) is 0 Å². The van der Waals surface area contributed by atoms with Crippen molar-refractivity contribution in [2.45, 2.75) is 95.7 Å². The number of nitrogens with zero attached hydrogens (tertiary/aromatic N) is 4. The van der Waals surface area contributed by atoms with Crippen LogP contribution < -0.4 is 0 Å². The number of hydrogen-bond acceptors (Lipinski definition) is 8. The zero-order valence-corrected chi connectivity index (χ0v) is 22.3.